The molecule has 120 valence electrons. The summed E-state index contributed by atoms with van der Waals surface area (Å²) in [5.41, 5.74) is 2.25. The van der Waals surface area contributed by atoms with Gasteiger partial charge in [0, 0.05) is 49.2 Å². The molecule has 0 bridgehead atoms. The zero-order valence-corrected chi connectivity index (χ0v) is 12.5. The summed E-state index contributed by atoms with van der Waals surface area (Å²) in [6, 6.07) is 5.79. The predicted octanol–water partition coefficient (Wildman–Crippen LogP) is 0.776. The summed E-state index contributed by atoms with van der Waals surface area (Å²) in [5, 5.41) is 16.3. The fourth-order valence-electron chi connectivity index (χ4n) is 3.24. The molecule has 1 atom stereocenters. The number of imide groups is 1. The van der Waals surface area contributed by atoms with Gasteiger partial charge in [0.2, 0.25) is 11.8 Å². The lowest BCUT2D eigenvalue weighted by Crippen LogP contribution is -2.48. The third-order valence-electron chi connectivity index (χ3n) is 4.63. The van der Waals surface area contributed by atoms with Crippen LogP contribution in [-0.4, -0.2) is 41.8 Å². The number of piperidine rings is 1. The lowest BCUT2D eigenvalue weighted by molar-refractivity contribution is -0.134. The smallest absolute Gasteiger partial charge is 0.235 e. The number of aromatic nitrogens is 1. The Bertz CT molecular complexity index is 779. The maximum Gasteiger partial charge on any atom is 0.235 e. The van der Waals surface area contributed by atoms with Gasteiger partial charge in [-0.2, -0.15) is 0 Å². The number of fused-ring (bicyclic) bond motifs is 1. The molecule has 1 aromatic carbocycles. The Kier molecular flexibility index (Phi) is 3.30. The molecule has 2 fully saturated rings. The normalized spacial score (nSPS) is 22.3. The van der Waals surface area contributed by atoms with Crippen molar-refractivity contribution in [3.8, 4) is 0 Å². The minimum absolute atomic E-state index is 0.209. The van der Waals surface area contributed by atoms with Gasteiger partial charge in [0.1, 0.15) is 5.69 Å². The average molecular weight is 315 g/mol. The Morgan fingerprint density at radius 1 is 1.35 bits per heavy atom. The van der Waals surface area contributed by atoms with Crippen LogP contribution in [0.15, 0.2) is 22.7 Å². The van der Waals surface area contributed by atoms with E-state index in [0.717, 1.165) is 24.2 Å². The lowest BCUT2D eigenvalue weighted by atomic mass is 9.92. The molecular formula is C16H17N3O4. The highest BCUT2D eigenvalue weighted by Gasteiger charge is 2.32. The van der Waals surface area contributed by atoms with Crippen molar-refractivity contribution >= 4 is 28.5 Å². The number of nitrogens with zero attached hydrogens (tertiary/aromatic N) is 2. The predicted molar refractivity (Wildman–Crippen MR) is 81.9 cm³/mol. The summed E-state index contributed by atoms with van der Waals surface area (Å²) < 4.78 is 5.40. The van der Waals surface area contributed by atoms with Crippen LogP contribution >= 0.6 is 0 Å². The van der Waals surface area contributed by atoms with Gasteiger partial charge in [-0.3, -0.25) is 14.9 Å². The van der Waals surface area contributed by atoms with Crippen LogP contribution in [0.5, 0.6) is 0 Å². The van der Waals surface area contributed by atoms with E-state index in [0.29, 0.717) is 30.0 Å². The number of nitrogens with one attached hydrogen (secondary N) is 1. The van der Waals surface area contributed by atoms with Gasteiger partial charge in [-0.1, -0.05) is 5.16 Å². The second-order valence-electron chi connectivity index (χ2n) is 6.21. The largest absolute Gasteiger partial charge is 0.396 e. The van der Waals surface area contributed by atoms with Crippen LogP contribution in [0.25, 0.3) is 11.0 Å². The van der Waals surface area contributed by atoms with Crippen molar-refractivity contribution in [1.29, 1.82) is 0 Å². The van der Waals surface area contributed by atoms with E-state index in [-0.39, 0.29) is 18.4 Å². The quantitative estimate of drug-likeness (QED) is 0.813. The first kappa shape index (κ1) is 14.2. The molecule has 2 N–H and O–H groups in total. The van der Waals surface area contributed by atoms with Crippen molar-refractivity contribution in [2.24, 2.45) is 5.92 Å². The molecule has 23 heavy (non-hydrogen) atoms. The number of anilines is 1. The Balaban J connectivity index is 1.61. The second-order valence-corrected chi connectivity index (χ2v) is 6.21. The van der Waals surface area contributed by atoms with Gasteiger partial charge in [-0.15, -0.1) is 0 Å². The van der Waals surface area contributed by atoms with E-state index >= 15 is 0 Å². The molecule has 1 unspecified atom stereocenters. The topological polar surface area (TPSA) is 95.7 Å². The second kappa shape index (κ2) is 5.34. The molecule has 3 heterocycles. The van der Waals surface area contributed by atoms with E-state index in [1.54, 1.807) is 0 Å². The van der Waals surface area contributed by atoms with E-state index in [4.69, 9.17) is 9.63 Å². The molecule has 0 radical (unpaired) electrons. The van der Waals surface area contributed by atoms with Gasteiger partial charge >= 0.3 is 0 Å². The standard InChI is InChI=1S/C16H17N3O4/c20-8-9-6-19(7-9)10-1-2-11-13(5-10)23-18-15(11)12-3-4-14(21)17-16(12)22/h1-2,5,9,12,20H,3-4,6-8H2,(H,17,21,22). The van der Waals surface area contributed by atoms with Crippen LogP contribution in [0.1, 0.15) is 24.5 Å². The summed E-state index contributed by atoms with van der Waals surface area (Å²) in [6.45, 7) is 1.87. The first-order valence-electron chi connectivity index (χ1n) is 7.74. The zero-order chi connectivity index (χ0) is 16.0. The number of carbonyl (C=O) groups is 2. The van der Waals surface area contributed by atoms with E-state index in [1.807, 2.05) is 18.2 Å². The zero-order valence-electron chi connectivity index (χ0n) is 12.5. The number of benzene rings is 1. The molecular weight excluding hydrogens is 298 g/mol. The number of hydrogen-bond acceptors (Lipinski definition) is 6. The van der Waals surface area contributed by atoms with Crippen LogP contribution in [0.2, 0.25) is 0 Å². The summed E-state index contributed by atoms with van der Waals surface area (Å²) >= 11 is 0. The summed E-state index contributed by atoms with van der Waals surface area (Å²) in [4.78, 5) is 25.4. The molecule has 0 aliphatic carbocycles. The lowest BCUT2D eigenvalue weighted by Gasteiger charge is -2.40. The minimum atomic E-state index is -0.442. The van der Waals surface area contributed by atoms with Gasteiger partial charge in [0.15, 0.2) is 5.58 Å². The fraction of sp³-hybridized carbons (Fsp3) is 0.438. The van der Waals surface area contributed by atoms with Gasteiger partial charge < -0.3 is 14.5 Å². The van der Waals surface area contributed by atoms with Gasteiger partial charge in [-0.25, -0.2) is 0 Å². The Hall–Kier alpha value is -2.41. The van der Waals surface area contributed by atoms with Crippen LogP contribution in [0.4, 0.5) is 5.69 Å². The van der Waals surface area contributed by atoms with Crippen molar-refractivity contribution in [1.82, 2.24) is 10.5 Å². The highest BCUT2D eigenvalue weighted by molar-refractivity contribution is 6.02. The van der Waals surface area contributed by atoms with Crippen LogP contribution in [0.3, 0.4) is 0 Å². The number of rotatable bonds is 3. The molecule has 2 aliphatic heterocycles. The number of amides is 2. The molecule has 1 aromatic heterocycles. The molecule has 2 aromatic rings. The molecule has 7 heteroatoms. The molecule has 2 saturated heterocycles. The van der Waals surface area contributed by atoms with Gasteiger partial charge in [0.25, 0.3) is 0 Å². The Labute approximate surface area is 132 Å². The van der Waals surface area contributed by atoms with Crippen molar-refractivity contribution in [2.45, 2.75) is 18.8 Å². The maximum atomic E-state index is 12.0. The highest BCUT2D eigenvalue weighted by atomic mass is 16.5. The molecule has 0 spiro atoms. The SMILES string of the molecule is O=C1CCC(c2noc3cc(N4CC(CO)C4)ccc23)C(=O)N1. The third kappa shape index (κ3) is 2.37. The first-order valence-corrected chi connectivity index (χ1v) is 7.74. The minimum Gasteiger partial charge on any atom is -0.396 e. The number of aliphatic hydroxyl groups is 1. The summed E-state index contributed by atoms with van der Waals surface area (Å²) in [6.07, 6.45) is 0.775. The number of carbonyl (C=O) groups excluding carboxylic acids is 2. The van der Waals surface area contributed by atoms with Gasteiger partial charge in [0.05, 0.1) is 5.92 Å². The number of hydrogen-bond donors (Lipinski definition) is 2. The van der Waals surface area contributed by atoms with E-state index in [2.05, 4.69) is 15.4 Å². The first-order chi connectivity index (χ1) is 11.2. The van der Waals surface area contributed by atoms with E-state index in [9.17, 15) is 9.59 Å². The highest BCUT2D eigenvalue weighted by Crippen LogP contribution is 2.33. The maximum absolute atomic E-state index is 12.0. The van der Waals surface area contributed by atoms with Crippen molar-refractivity contribution in [3.05, 3.63) is 23.9 Å². The van der Waals surface area contributed by atoms with Crippen molar-refractivity contribution in [3.63, 3.8) is 0 Å². The third-order valence-corrected chi connectivity index (χ3v) is 4.63. The molecule has 7 nitrogen and oxygen atoms in total. The van der Waals surface area contributed by atoms with Crippen LogP contribution in [0, 0.1) is 5.92 Å². The van der Waals surface area contributed by atoms with Crippen molar-refractivity contribution in [2.75, 3.05) is 24.6 Å². The van der Waals surface area contributed by atoms with Crippen LogP contribution < -0.4 is 10.2 Å². The van der Waals surface area contributed by atoms with E-state index < -0.39 is 5.92 Å². The van der Waals surface area contributed by atoms with Gasteiger partial charge in [-0.05, 0) is 18.6 Å². The Morgan fingerprint density at radius 2 is 2.17 bits per heavy atom. The van der Waals surface area contributed by atoms with Crippen LogP contribution in [-0.2, 0) is 9.59 Å². The number of aliphatic hydroxyl groups excluding tert-OH is 1. The molecule has 4 rings (SSSR count). The monoisotopic (exact) mass is 315 g/mol. The summed E-state index contributed by atoms with van der Waals surface area (Å²) in [7, 11) is 0. The van der Waals surface area contributed by atoms with E-state index in [1.165, 1.54) is 0 Å². The Morgan fingerprint density at radius 3 is 2.91 bits per heavy atom. The molecule has 0 saturated carbocycles. The average Bonchev–Trinajstić information content (AvgIpc) is 2.89. The summed E-state index contributed by atoms with van der Waals surface area (Å²) in [5.74, 6) is -0.659. The van der Waals surface area contributed by atoms with Crippen molar-refractivity contribution < 1.29 is 19.2 Å². The fourth-order valence-corrected chi connectivity index (χ4v) is 3.24. The molecule has 2 aliphatic rings. The molecule has 2 amide bonds.